The molecule has 0 bridgehead atoms. The second-order valence-electron chi connectivity index (χ2n) is 12.4. The Morgan fingerprint density at radius 3 is 1.72 bits per heavy atom. The number of rotatable bonds is 2. The van der Waals surface area contributed by atoms with Crippen molar-refractivity contribution in [2.24, 2.45) is 0 Å². The zero-order valence-electron chi connectivity index (χ0n) is 25.1. The first kappa shape index (κ1) is 25.4. The molecule has 1 spiro atoms. The lowest BCUT2D eigenvalue weighted by Gasteiger charge is -2.39. The minimum Gasteiger partial charge on any atom is -0.457 e. The molecule has 1 heteroatoms. The maximum Gasteiger partial charge on any atom is 0.132 e. The Hall–Kier alpha value is -5.92. The SMILES string of the molecule is c1ccc2c(c1)Oc1cc(-c3ccc(-c4cccc5c4ccc4ccccc45)cc3)ccc1C21c2ccccc2-c2ccccc21. The number of benzene rings is 8. The summed E-state index contributed by atoms with van der Waals surface area (Å²) in [6.07, 6.45) is 0. The molecule has 46 heavy (non-hydrogen) atoms. The molecule has 214 valence electrons. The molecule has 0 radical (unpaired) electrons. The molecule has 1 nitrogen and oxygen atoms in total. The summed E-state index contributed by atoms with van der Waals surface area (Å²) < 4.78 is 6.73. The lowest BCUT2D eigenvalue weighted by molar-refractivity contribution is 0.436. The van der Waals surface area contributed by atoms with Crippen molar-refractivity contribution in [3.8, 4) is 44.9 Å². The van der Waals surface area contributed by atoms with Crippen molar-refractivity contribution in [1.82, 2.24) is 0 Å². The van der Waals surface area contributed by atoms with Gasteiger partial charge in [-0.3, -0.25) is 0 Å². The average Bonchev–Trinajstić information content (AvgIpc) is 3.42. The fourth-order valence-electron chi connectivity index (χ4n) is 8.17. The van der Waals surface area contributed by atoms with Crippen molar-refractivity contribution < 1.29 is 4.74 Å². The van der Waals surface area contributed by atoms with E-state index < -0.39 is 5.41 Å². The highest BCUT2D eigenvalue weighted by molar-refractivity contribution is 6.12. The first-order chi connectivity index (χ1) is 22.8. The van der Waals surface area contributed by atoms with Gasteiger partial charge in [0.1, 0.15) is 11.5 Å². The maximum atomic E-state index is 6.73. The lowest BCUT2D eigenvalue weighted by Crippen LogP contribution is -2.32. The summed E-state index contributed by atoms with van der Waals surface area (Å²) in [5, 5.41) is 5.12. The fourth-order valence-corrected chi connectivity index (χ4v) is 8.17. The van der Waals surface area contributed by atoms with Crippen molar-refractivity contribution in [1.29, 1.82) is 0 Å². The van der Waals surface area contributed by atoms with Gasteiger partial charge in [0, 0.05) is 11.1 Å². The van der Waals surface area contributed by atoms with Crippen molar-refractivity contribution in [2.75, 3.05) is 0 Å². The van der Waals surface area contributed by atoms with Crippen LogP contribution in [0.5, 0.6) is 11.5 Å². The van der Waals surface area contributed by atoms with Crippen LogP contribution in [0.1, 0.15) is 22.3 Å². The molecular formula is C45H28O. The van der Waals surface area contributed by atoms with Crippen LogP contribution >= 0.6 is 0 Å². The first-order valence-electron chi connectivity index (χ1n) is 15.9. The second kappa shape index (κ2) is 9.54. The molecule has 10 rings (SSSR count). The minimum atomic E-state index is -0.432. The van der Waals surface area contributed by atoms with E-state index in [9.17, 15) is 0 Å². The summed E-state index contributed by atoms with van der Waals surface area (Å²) in [5.74, 6) is 1.82. The van der Waals surface area contributed by atoms with Gasteiger partial charge < -0.3 is 4.74 Å². The van der Waals surface area contributed by atoms with Crippen molar-refractivity contribution in [2.45, 2.75) is 5.41 Å². The molecule has 0 atom stereocenters. The van der Waals surface area contributed by atoms with Gasteiger partial charge in [0.05, 0.1) is 5.41 Å². The average molecular weight is 585 g/mol. The first-order valence-corrected chi connectivity index (χ1v) is 15.9. The molecule has 8 aromatic rings. The monoisotopic (exact) mass is 584 g/mol. The van der Waals surface area contributed by atoms with Crippen LogP contribution in [0.2, 0.25) is 0 Å². The maximum absolute atomic E-state index is 6.73. The van der Waals surface area contributed by atoms with E-state index in [0.29, 0.717) is 0 Å². The van der Waals surface area contributed by atoms with Crippen LogP contribution in [0.3, 0.4) is 0 Å². The van der Waals surface area contributed by atoms with E-state index in [2.05, 4.69) is 170 Å². The van der Waals surface area contributed by atoms with Gasteiger partial charge in [0.15, 0.2) is 0 Å². The Morgan fingerprint density at radius 1 is 0.326 bits per heavy atom. The summed E-state index contributed by atoms with van der Waals surface area (Å²) >= 11 is 0. The molecule has 0 unspecified atom stereocenters. The second-order valence-corrected chi connectivity index (χ2v) is 12.4. The quantitative estimate of drug-likeness (QED) is 0.184. The van der Waals surface area contributed by atoms with E-state index in [0.717, 1.165) is 17.1 Å². The van der Waals surface area contributed by atoms with Gasteiger partial charge in [-0.15, -0.1) is 0 Å². The Balaban J connectivity index is 1.11. The molecule has 0 saturated carbocycles. The van der Waals surface area contributed by atoms with Crippen LogP contribution < -0.4 is 4.74 Å². The molecule has 0 aromatic heterocycles. The Kier molecular flexibility index (Phi) is 5.27. The molecule has 0 amide bonds. The third-order valence-corrected chi connectivity index (χ3v) is 10.2. The molecule has 0 saturated heterocycles. The van der Waals surface area contributed by atoms with Gasteiger partial charge in [-0.2, -0.15) is 0 Å². The van der Waals surface area contributed by atoms with Crippen molar-refractivity contribution in [3.63, 3.8) is 0 Å². The third kappa shape index (κ3) is 3.40. The lowest BCUT2D eigenvalue weighted by atomic mass is 9.66. The standard InChI is InChI=1S/C45H28O/c1-2-11-33-30(10-1)24-26-36-34(14-9-15-35(33)36)31-22-20-29(21-23-31)32-25-27-42-44(28-32)46-43-19-8-7-18-41(43)45(42)39-16-5-3-12-37(39)38-13-4-6-17-40(38)45/h1-28H. The number of para-hydroxylation sites is 1. The Labute approximate surface area is 268 Å². The van der Waals surface area contributed by atoms with Gasteiger partial charge in [-0.1, -0.05) is 158 Å². The summed E-state index contributed by atoms with van der Waals surface area (Å²) in [6.45, 7) is 0. The molecule has 0 fully saturated rings. The third-order valence-electron chi connectivity index (χ3n) is 10.2. The van der Waals surface area contributed by atoms with Gasteiger partial charge in [0.25, 0.3) is 0 Å². The smallest absolute Gasteiger partial charge is 0.132 e. The van der Waals surface area contributed by atoms with Crippen molar-refractivity contribution in [3.05, 3.63) is 192 Å². The predicted octanol–water partition coefficient (Wildman–Crippen LogP) is 11.8. The van der Waals surface area contributed by atoms with E-state index in [-0.39, 0.29) is 0 Å². The molecule has 2 aliphatic rings. The van der Waals surface area contributed by atoms with Crippen LogP contribution in [0.4, 0.5) is 0 Å². The van der Waals surface area contributed by atoms with Crippen molar-refractivity contribution >= 4 is 21.5 Å². The number of fused-ring (bicyclic) bond motifs is 12. The highest BCUT2D eigenvalue weighted by Crippen LogP contribution is 2.62. The minimum absolute atomic E-state index is 0.432. The van der Waals surface area contributed by atoms with Crippen LogP contribution in [0.15, 0.2) is 170 Å². The summed E-state index contributed by atoms with van der Waals surface area (Å²) in [4.78, 5) is 0. The van der Waals surface area contributed by atoms with Gasteiger partial charge in [-0.25, -0.2) is 0 Å². The van der Waals surface area contributed by atoms with E-state index >= 15 is 0 Å². The van der Waals surface area contributed by atoms with E-state index in [1.165, 1.54) is 71.6 Å². The number of ether oxygens (including phenoxy) is 1. The highest BCUT2D eigenvalue weighted by atomic mass is 16.5. The topological polar surface area (TPSA) is 9.23 Å². The van der Waals surface area contributed by atoms with Crippen LogP contribution in [-0.2, 0) is 5.41 Å². The Morgan fingerprint density at radius 2 is 0.913 bits per heavy atom. The largest absolute Gasteiger partial charge is 0.457 e. The van der Waals surface area contributed by atoms with Gasteiger partial charge in [0.2, 0.25) is 0 Å². The number of hydrogen-bond donors (Lipinski definition) is 0. The molecule has 1 aliphatic carbocycles. The van der Waals surface area contributed by atoms with E-state index in [1.54, 1.807) is 0 Å². The Bertz CT molecular complexity index is 2460. The normalized spacial score (nSPS) is 13.6. The van der Waals surface area contributed by atoms with Gasteiger partial charge in [-0.05, 0) is 78.2 Å². The van der Waals surface area contributed by atoms with E-state index in [1.807, 2.05) is 0 Å². The van der Waals surface area contributed by atoms with Crippen LogP contribution in [0.25, 0.3) is 54.9 Å². The van der Waals surface area contributed by atoms with Crippen LogP contribution in [-0.4, -0.2) is 0 Å². The summed E-state index contributed by atoms with van der Waals surface area (Å²) in [6, 6.07) is 61.8. The molecule has 1 aliphatic heterocycles. The molecular weight excluding hydrogens is 556 g/mol. The molecule has 8 aromatic carbocycles. The molecule has 0 N–H and O–H groups in total. The van der Waals surface area contributed by atoms with Crippen LogP contribution in [0, 0.1) is 0 Å². The predicted molar refractivity (Wildman–Crippen MR) is 190 cm³/mol. The highest BCUT2D eigenvalue weighted by Gasteiger charge is 2.50. The van der Waals surface area contributed by atoms with E-state index in [4.69, 9.17) is 4.74 Å². The molecule has 1 heterocycles. The summed E-state index contributed by atoms with van der Waals surface area (Å²) in [7, 11) is 0. The zero-order valence-corrected chi connectivity index (χ0v) is 25.1. The number of hydrogen-bond acceptors (Lipinski definition) is 1. The zero-order chi connectivity index (χ0) is 30.2. The summed E-state index contributed by atoms with van der Waals surface area (Å²) in [5.41, 5.74) is 11.9. The van der Waals surface area contributed by atoms with Gasteiger partial charge >= 0.3 is 0 Å². The fraction of sp³-hybridized carbons (Fsp3) is 0.0222.